The summed E-state index contributed by atoms with van der Waals surface area (Å²) in [6.07, 6.45) is 2.16. The molecular weight excluding hydrogens is 488 g/mol. The zero-order valence-electron chi connectivity index (χ0n) is 22.4. The maximum Gasteiger partial charge on any atom is 0.308 e. The molecule has 2 heterocycles. The lowest BCUT2D eigenvalue weighted by Crippen LogP contribution is -2.42. The molecule has 0 radical (unpaired) electrons. The van der Waals surface area contributed by atoms with E-state index in [1.165, 1.54) is 18.7 Å². The molecule has 2 unspecified atom stereocenters. The van der Waals surface area contributed by atoms with Crippen LogP contribution in [0.4, 0.5) is 0 Å². The Labute approximate surface area is 223 Å². The number of amidine groups is 1. The summed E-state index contributed by atoms with van der Waals surface area (Å²) in [7, 11) is 0. The quantitative estimate of drug-likeness (QED) is 0.338. The van der Waals surface area contributed by atoms with Gasteiger partial charge < -0.3 is 19.5 Å². The van der Waals surface area contributed by atoms with E-state index in [1.807, 2.05) is 30.3 Å². The predicted octanol–water partition coefficient (Wildman–Crippen LogP) is 5.73. The first-order valence-corrected chi connectivity index (χ1v) is 13.7. The Balaban J connectivity index is 1.48. The van der Waals surface area contributed by atoms with Gasteiger partial charge in [0.15, 0.2) is 5.17 Å². The van der Waals surface area contributed by atoms with Gasteiger partial charge in [-0.1, -0.05) is 51.6 Å². The summed E-state index contributed by atoms with van der Waals surface area (Å²) in [5.74, 6) is 2.20. The number of carbonyl (C=O) groups is 2. The third-order valence-corrected chi connectivity index (χ3v) is 7.80. The van der Waals surface area contributed by atoms with E-state index in [0.717, 1.165) is 46.6 Å². The van der Waals surface area contributed by atoms with Crippen LogP contribution in [-0.4, -0.2) is 34.5 Å². The van der Waals surface area contributed by atoms with Crippen molar-refractivity contribution in [3.63, 3.8) is 0 Å². The van der Waals surface area contributed by atoms with Crippen molar-refractivity contribution in [2.24, 2.45) is 0 Å². The van der Waals surface area contributed by atoms with Gasteiger partial charge >= 0.3 is 5.97 Å². The van der Waals surface area contributed by atoms with Gasteiger partial charge in [0.05, 0.1) is 5.25 Å². The molecule has 7 nitrogen and oxygen atoms in total. The Hall–Kier alpha value is -3.00. The minimum Gasteiger partial charge on any atom is -0.489 e. The molecule has 1 saturated heterocycles. The molecule has 2 atom stereocenters. The number of fused-ring (bicyclic) bond motifs is 1. The fourth-order valence-electron chi connectivity index (χ4n) is 4.90. The highest BCUT2D eigenvalue weighted by Crippen LogP contribution is 2.46. The van der Waals surface area contributed by atoms with Crippen LogP contribution in [0.25, 0.3) is 0 Å². The number of esters is 1. The Morgan fingerprint density at radius 3 is 2.49 bits per heavy atom. The van der Waals surface area contributed by atoms with Gasteiger partial charge in [-0.05, 0) is 61.8 Å². The van der Waals surface area contributed by atoms with Gasteiger partial charge in [-0.2, -0.15) is 0 Å². The van der Waals surface area contributed by atoms with Crippen molar-refractivity contribution in [2.45, 2.75) is 83.5 Å². The van der Waals surface area contributed by atoms with Crippen molar-refractivity contribution >= 4 is 28.8 Å². The lowest BCUT2D eigenvalue weighted by molar-refractivity contribution is -0.132. The summed E-state index contributed by atoms with van der Waals surface area (Å²) >= 11 is 1.25. The molecule has 4 rings (SSSR count). The second-order valence-corrected chi connectivity index (χ2v) is 11.9. The largest absolute Gasteiger partial charge is 0.489 e. The lowest BCUT2D eigenvalue weighted by atomic mass is 9.83. The summed E-state index contributed by atoms with van der Waals surface area (Å²) in [5, 5.41) is 10.1. The number of rotatable bonds is 8. The number of hydrogen-bond acceptors (Lipinski definition) is 7. The van der Waals surface area contributed by atoms with Gasteiger partial charge in [-0.3, -0.25) is 15.0 Å². The molecule has 198 valence electrons. The Bertz CT molecular complexity index is 1210. The zero-order valence-corrected chi connectivity index (χ0v) is 23.2. The first kappa shape index (κ1) is 27.0. The number of ether oxygens (including phenoxy) is 3. The fraction of sp³-hybridized carbons (Fsp3) is 0.483. The zero-order chi connectivity index (χ0) is 26.9. The lowest BCUT2D eigenvalue weighted by Gasteiger charge is -2.38. The van der Waals surface area contributed by atoms with Crippen molar-refractivity contribution in [1.29, 1.82) is 5.41 Å². The highest BCUT2D eigenvalue weighted by atomic mass is 32.2. The van der Waals surface area contributed by atoms with Crippen LogP contribution < -0.4 is 19.5 Å². The highest BCUT2D eigenvalue weighted by molar-refractivity contribution is 8.15. The van der Waals surface area contributed by atoms with Gasteiger partial charge in [0.2, 0.25) is 5.91 Å². The van der Waals surface area contributed by atoms with Crippen molar-refractivity contribution < 1.29 is 23.8 Å². The van der Waals surface area contributed by atoms with E-state index in [2.05, 4.69) is 39.9 Å². The number of thioether (sulfide) groups is 1. The minimum atomic E-state index is -0.504. The average molecular weight is 525 g/mol. The number of benzene rings is 2. The first-order chi connectivity index (χ1) is 17.5. The van der Waals surface area contributed by atoms with Gasteiger partial charge in [-0.25, -0.2) is 0 Å². The molecule has 2 N–H and O–H groups in total. The molecule has 1 amide bonds. The standard InChI is InChI=1S/C29H36N2O5S/c1-16(2)22-14-23-21(25(17(3)4)26(22)35-18(5)32)11-12-29(6,36-23)15-34-20-9-7-19(8-10-20)13-24-27(33)31-28(30)37-24/h7-10,14,16-17,24H,11-13,15H2,1-6H3,(H2,30,31,33). The third kappa shape index (κ3) is 6.12. The SMILES string of the molecule is CC(=O)Oc1c(C(C)C)cc2c(c1C(C)C)CCC(C)(COc1ccc(CC3SC(=N)NC3=O)cc1)O2. The second kappa shape index (κ2) is 10.8. The third-order valence-electron chi connectivity index (χ3n) is 6.80. The second-order valence-electron chi connectivity index (χ2n) is 10.7. The minimum absolute atomic E-state index is 0.112. The molecule has 0 aliphatic carbocycles. The molecule has 0 aromatic heterocycles. The smallest absolute Gasteiger partial charge is 0.308 e. The van der Waals surface area contributed by atoms with Crippen LogP contribution in [0.1, 0.15) is 82.1 Å². The number of nitrogens with one attached hydrogen (secondary N) is 2. The van der Waals surface area contributed by atoms with Gasteiger partial charge in [0, 0.05) is 23.6 Å². The van der Waals surface area contributed by atoms with Crippen LogP contribution >= 0.6 is 11.8 Å². The topological polar surface area (TPSA) is 97.7 Å². The van der Waals surface area contributed by atoms with E-state index < -0.39 is 5.60 Å². The summed E-state index contributed by atoms with van der Waals surface area (Å²) < 4.78 is 18.5. The molecule has 0 saturated carbocycles. The maximum absolute atomic E-state index is 11.9. The van der Waals surface area contributed by atoms with Crippen molar-refractivity contribution in [2.75, 3.05) is 6.61 Å². The number of carbonyl (C=O) groups excluding carboxylic acids is 2. The van der Waals surface area contributed by atoms with E-state index in [1.54, 1.807) is 0 Å². The summed E-state index contributed by atoms with van der Waals surface area (Å²) in [6.45, 7) is 12.3. The van der Waals surface area contributed by atoms with E-state index in [-0.39, 0.29) is 34.1 Å². The monoisotopic (exact) mass is 524 g/mol. The number of amides is 1. The molecule has 8 heteroatoms. The number of hydrogen-bond donors (Lipinski definition) is 2. The van der Waals surface area contributed by atoms with Crippen molar-refractivity contribution in [1.82, 2.24) is 5.32 Å². The van der Waals surface area contributed by atoms with E-state index >= 15 is 0 Å². The van der Waals surface area contributed by atoms with Crippen LogP contribution in [0.5, 0.6) is 17.2 Å². The summed E-state index contributed by atoms with van der Waals surface area (Å²) in [5.41, 5.74) is 3.66. The van der Waals surface area contributed by atoms with E-state index in [4.69, 9.17) is 19.6 Å². The van der Waals surface area contributed by atoms with E-state index in [0.29, 0.717) is 18.8 Å². The average Bonchev–Trinajstić information content (AvgIpc) is 3.13. The molecular formula is C29H36N2O5S. The molecule has 0 spiro atoms. The maximum atomic E-state index is 11.9. The molecule has 37 heavy (non-hydrogen) atoms. The van der Waals surface area contributed by atoms with Crippen LogP contribution in [0.2, 0.25) is 0 Å². The molecule has 2 aliphatic rings. The molecule has 2 aliphatic heterocycles. The normalized spacial score (nSPS) is 21.0. The Morgan fingerprint density at radius 1 is 1.22 bits per heavy atom. The molecule has 1 fully saturated rings. The van der Waals surface area contributed by atoms with Crippen LogP contribution in [0.3, 0.4) is 0 Å². The van der Waals surface area contributed by atoms with Crippen LogP contribution in [0, 0.1) is 5.41 Å². The molecule has 2 aromatic rings. The summed E-state index contributed by atoms with van der Waals surface area (Å²) in [6, 6.07) is 9.79. The van der Waals surface area contributed by atoms with Gasteiger partial charge in [0.25, 0.3) is 0 Å². The Kier molecular flexibility index (Phi) is 7.88. The van der Waals surface area contributed by atoms with Gasteiger partial charge in [-0.15, -0.1) is 0 Å². The van der Waals surface area contributed by atoms with Gasteiger partial charge in [0.1, 0.15) is 29.5 Å². The first-order valence-electron chi connectivity index (χ1n) is 12.8. The van der Waals surface area contributed by atoms with Crippen molar-refractivity contribution in [3.8, 4) is 17.2 Å². The molecule has 0 bridgehead atoms. The fourth-order valence-corrected chi connectivity index (χ4v) is 5.78. The van der Waals surface area contributed by atoms with Crippen LogP contribution in [0.15, 0.2) is 30.3 Å². The van der Waals surface area contributed by atoms with Crippen molar-refractivity contribution in [3.05, 3.63) is 52.6 Å². The molecule has 2 aromatic carbocycles. The summed E-state index contributed by atoms with van der Waals surface area (Å²) in [4.78, 5) is 23.8. The highest BCUT2D eigenvalue weighted by Gasteiger charge is 2.36. The predicted molar refractivity (Wildman–Crippen MR) is 146 cm³/mol. The van der Waals surface area contributed by atoms with E-state index in [9.17, 15) is 9.59 Å². The van der Waals surface area contributed by atoms with Crippen LogP contribution in [-0.2, 0) is 22.4 Å². The Morgan fingerprint density at radius 2 is 1.92 bits per heavy atom.